The van der Waals surface area contributed by atoms with Crippen LogP contribution in [0.3, 0.4) is 0 Å². The van der Waals surface area contributed by atoms with E-state index in [2.05, 4.69) is 25.2 Å². The maximum atomic E-state index is 12.7. The van der Waals surface area contributed by atoms with E-state index in [1.54, 1.807) is 36.5 Å². The van der Waals surface area contributed by atoms with E-state index in [-0.39, 0.29) is 18.4 Å². The lowest BCUT2D eigenvalue weighted by atomic mass is 10.2. The molecule has 0 spiro atoms. The first-order valence-corrected chi connectivity index (χ1v) is 9.67. The maximum Gasteiger partial charge on any atom is 0.257 e. The molecule has 0 saturated heterocycles. The summed E-state index contributed by atoms with van der Waals surface area (Å²) in [6, 6.07) is 9.14. The van der Waals surface area contributed by atoms with E-state index in [4.69, 9.17) is 4.74 Å². The number of nitrogens with one attached hydrogen (secondary N) is 2. The Bertz CT molecular complexity index is 1040. The van der Waals surface area contributed by atoms with Gasteiger partial charge >= 0.3 is 0 Å². The van der Waals surface area contributed by atoms with E-state index < -0.39 is 0 Å². The molecule has 1 aliphatic rings. The Balaban J connectivity index is 1.48. The summed E-state index contributed by atoms with van der Waals surface area (Å²) in [5.41, 5.74) is 3.11. The van der Waals surface area contributed by atoms with Crippen LogP contribution in [0.15, 0.2) is 42.9 Å². The van der Waals surface area contributed by atoms with Crippen molar-refractivity contribution in [2.75, 3.05) is 24.4 Å². The smallest absolute Gasteiger partial charge is 0.257 e. The van der Waals surface area contributed by atoms with E-state index in [0.29, 0.717) is 28.5 Å². The minimum absolute atomic E-state index is 0.0320. The van der Waals surface area contributed by atoms with Crippen molar-refractivity contribution >= 4 is 34.4 Å². The summed E-state index contributed by atoms with van der Waals surface area (Å²) in [5.74, 6) is -0.543. The summed E-state index contributed by atoms with van der Waals surface area (Å²) in [7, 11) is 1.46. The summed E-state index contributed by atoms with van der Waals surface area (Å²) in [6.45, 7) is -0.0320. The number of methoxy groups -OCH3 is 1. The number of rotatable bonds is 6. The molecule has 1 aromatic carbocycles. The first-order valence-electron chi connectivity index (χ1n) is 9.67. The highest BCUT2D eigenvalue weighted by Gasteiger charge is 2.20. The molecule has 1 fully saturated rings. The average Bonchev–Trinajstić information content (AvgIpc) is 3.37. The van der Waals surface area contributed by atoms with Gasteiger partial charge in [0.1, 0.15) is 12.1 Å². The summed E-state index contributed by atoms with van der Waals surface area (Å²) >= 11 is 0. The minimum atomic E-state index is -0.282. The second kappa shape index (κ2) is 8.40. The maximum absolute atomic E-state index is 12.7. The van der Waals surface area contributed by atoms with E-state index in [1.807, 2.05) is 6.33 Å². The van der Waals surface area contributed by atoms with Crippen LogP contribution < -0.4 is 10.6 Å². The Kier molecular flexibility index (Phi) is 5.53. The molecule has 0 aliphatic heterocycles. The zero-order valence-electron chi connectivity index (χ0n) is 16.2. The molecule has 2 heterocycles. The van der Waals surface area contributed by atoms with Crippen molar-refractivity contribution in [3.63, 3.8) is 0 Å². The van der Waals surface area contributed by atoms with Crippen LogP contribution in [0, 0.1) is 0 Å². The van der Waals surface area contributed by atoms with Crippen LogP contribution in [-0.2, 0) is 9.53 Å². The predicted octanol–water partition coefficient (Wildman–Crippen LogP) is 3.38. The minimum Gasteiger partial charge on any atom is -0.375 e. The zero-order chi connectivity index (χ0) is 20.2. The number of benzene rings is 1. The molecular weight excluding hydrogens is 370 g/mol. The lowest BCUT2D eigenvalue weighted by molar-refractivity contribution is -0.119. The molecule has 1 aliphatic carbocycles. The Labute approximate surface area is 168 Å². The number of hydrogen-bond donors (Lipinski definition) is 2. The Morgan fingerprint density at radius 3 is 2.66 bits per heavy atom. The molecular formula is C21H23N5O3. The standard InChI is InChI=1S/C21H23N5O3/c1-29-12-19(27)24-15-5-4-6-16(10-15)25-21(28)14-9-18-20(22-11-14)26(13-23-18)17-7-2-3-8-17/h4-6,9-11,13,17H,2-3,7-8,12H2,1H3,(H,24,27)(H,25,28). The van der Waals surface area contributed by atoms with Gasteiger partial charge < -0.3 is 19.9 Å². The molecule has 1 saturated carbocycles. The number of amides is 2. The quantitative estimate of drug-likeness (QED) is 0.669. The highest BCUT2D eigenvalue weighted by atomic mass is 16.5. The van der Waals surface area contributed by atoms with Crippen LogP contribution in [0.5, 0.6) is 0 Å². The summed E-state index contributed by atoms with van der Waals surface area (Å²) in [4.78, 5) is 33.2. The molecule has 0 atom stereocenters. The van der Waals surface area contributed by atoms with Gasteiger partial charge in [0.05, 0.1) is 11.9 Å². The van der Waals surface area contributed by atoms with Crippen molar-refractivity contribution in [3.8, 4) is 0 Å². The van der Waals surface area contributed by atoms with Crippen LogP contribution in [0.25, 0.3) is 11.2 Å². The molecule has 3 aromatic rings. The third kappa shape index (κ3) is 4.27. The third-order valence-electron chi connectivity index (χ3n) is 5.07. The highest BCUT2D eigenvalue weighted by Crippen LogP contribution is 2.31. The van der Waals surface area contributed by atoms with Crippen molar-refractivity contribution in [2.45, 2.75) is 31.7 Å². The van der Waals surface area contributed by atoms with Gasteiger partial charge in [-0.2, -0.15) is 0 Å². The fourth-order valence-electron chi connectivity index (χ4n) is 3.70. The van der Waals surface area contributed by atoms with Gasteiger partial charge in [0.25, 0.3) is 5.91 Å². The van der Waals surface area contributed by atoms with Crippen LogP contribution in [0.2, 0.25) is 0 Å². The van der Waals surface area contributed by atoms with Crippen molar-refractivity contribution in [1.82, 2.24) is 14.5 Å². The molecule has 2 N–H and O–H groups in total. The molecule has 0 bridgehead atoms. The van der Waals surface area contributed by atoms with Gasteiger partial charge in [-0.3, -0.25) is 9.59 Å². The predicted molar refractivity (Wildman–Crippen MR) is 110 cm³/mol. The molecule has 8 heteroatoms. The van der Waals surface area contributed by atoms with Crippen molar-refractivity contribution < 1.29 is 14.3 Å². The zero-order valence-corrected chi connectivity index (χ0v) is 16.2. The molecule has 150 valence electrons. The number of pyridine rings is 1. The molecule has 8 nitrogen and oxygen atoms in total. The Morgan fingerprint density at radius 2 is 1.90 bits per heavy atom. The van der Waals surface area contributed by atoms with Gasteiger partial charge in [-0.1, -0.05) is 18.9 Å². The van der Waals surface area contributed by atoms with Gasteiger partial charge in [-0.25, -0.2) is 9.97 Å². The average molecular weight is 393 g/mol. The molecule has 4 rings (SSSR count). The number of ether oxygens (including phenoxy) is 1. The number of anilines is 2. The van der Waals surface area contributed by atoms with Crippen LogP contribution in [0.1, 0.15) is 42.1 Å². The first kappa shape index (κ1) is 19.1. The Hall–Kier alpha value is -3.26. The van der Waals surface area contributed by atoms with E-state index in [0.717, 1.165) is 18.5 Å². The number of aromatic nitrogens is 3. The number of carbonyl (C=O) groups is 2. The van der Waals surface area contributed by atoms with Gasteiger partial charge in [0, 0.05) is 30.7 Å². The van der Waals surface area contributed by atoms with Crippen LogP contribution >= 0.6 is 0 Å². The number of carbonyl (C=O) groups excluding carboxylic acids is 2. The monoisotopic (exact) mass is 393 g/mol. The van der Waals surface area contributed by atoms with Gasteiger partial charge in [-0.15, -0.1) is 0 Å². The van der Waals surface area contributed by atoms with Gasteiger partial charge in [-0.05, 0) is 37.1 Å². The van der Waals surface area contributed by atoms with Crippen LogP contribution in [0.4, 0.5) is 11.4 Å². The Morgan fingerprint density at radius 1 is 1.14 bits per heavy atom. The number of imidazole rings is 1. The first-order chi connectivity index (χ1) is 14.1. The molecule has 2 aromatic heterocycles. The topological polar surface area (TPSA) is 98.1 Å². The van der Waals surface area contributed by atoms with Gasteiger partial charge in [0.2, 0.25) is 5.91 Å². The lowest BCUT2D eigenvalue weighted by Gasteiger charge is -2.11. The number of nitrogens with zero attached hydrogens (tertiary/aromatic N) is 3. The van der Waals surface area contributed by atoms with E-state index in [1.165, 1.54) is 20.0 Å². The normalized spacial score (nSPS) is 14.2. The van der Waals surface area contributed by atoms with Crippen molar-refractivity contribution in [1.29, 1.82) is 0 Å². The number of hydrogen-bond acceptors (Lipinski definition) is 5. The number of fused-ring (bicyclic) bond motifs is 1. The van der Waals surface area contributed by atoms with E-state index in [9.17, 15) is 9.59 Å². The lowest BCUT2D eigenvalue weighted by Crippen LogP contribution is -2.17. The van der Waals surface area contributed by atoms with Crippen molar-refractivity contribution in [3.05, 3.63) is 48.4 Å². The summed E-state index contributed by atoms with van der Waals surface area (Å²) < 4.78 is 6.92. The fourth-order valence-corrected chi connectivity index (χ4v) is 3.70. The SMILES string of the molecule is COCC(=O)Nc1cccc(NC(=O)c2cnc3c(c2)ncn3C2CCCC2)c1. The van der Waals surface area contributed by atoms with Gasteiger partial charge in [0.15, 0.2) is 5.65 Å². The molecule has 29 heavy (non-hydrogen) atoms. The second-order valence-corrected chi connectivity index (χ2v) is 7.17. The molecule has 0 radical (unpaired) electrons. The molecule has 2 amide bonds. The van der Waals surface area contributed by atoms with Crippen molar-refractivity contribution in [2.24, 2.45) is 0 Å². The molecule has 0 unspecified atom stereocenters. The summed E-state index contributed by atoms with van der Waals surface area (Å²) in [5, 5.41) is 5.54. The fraction of sp³-hybridized carbons (Fsp3) is 0.333. The second-order valence-electron chi connectivity index (χ2n) is 7.17. The van der Waals surface area contributed by atoms with E-state index >= 15 is 0 Å². The summed E-state index contributed by atoms with van der Waals surface area (Å²) in [6.07, 6.45) is 8.15. The third-order valence-corrected chi connectivity index (χ3v) is 5.07. The highest BCUT2D eigenvalue weighted by molar-refractivity contribution is 6.05. The largest absolute Gasteiger partial charge is 0.375 e. The van der Waals surface area contributed by atoms with Crippen LogP contribution in [-0.4, -0.2) is 40.1 Å².